The predicted octanol–water partition coefficient (Wildman–Crippen LogP) is 3.66. The van der Waals surface area contributed by atoms with Crippen molar-refractivity contribution in [1.82, 2.24) is 0 Å². The molecule has 118 valence electrons. The molecule has 0 saturated heterocycles. The zero-order chi connectivity index (χ0) is 16.4. The Bertz CT molecular complexity index is 736. The van der Waals surface area contributed by atoms with Crippen molar-refractivity contribution in [2.75, 3.05) is 0 Å². The predicted molar refractivity (Wildman–Crippen MR) is 85.7 cm³/mol. The molecule has 0 amide bonds. The van der Waals surface area contributed by atoms with Crippen molar-refractivity contribution >= 4 is 11.8 Å². The molecule has 2 aromatic rings. The van der Waals surface area contributed by atoms with Crippen LogP contribution in [0.5, 0.6) is 5.75 Å². The number of Topliss-reactive ketones (excluding diaryl/α,β-unsaturated/α-hetero) is 1. The molecule has 1 aliphatic rings. The van der Waals surface area contributed by atoms with Crippen molar-refractivity contribution in [3.05, 3.63) is 65.2 Å². The number of fused-ring (bicyclic) bond motifs is 1. The Labute approximate surface area is 134 Å². The molecule has 0 aromatic heterocycles. The Balaban J connectivity index is 1.78. The maximum absolute atomic E-state index is 12.2. The van der Waals surface area contributed by atoms with Gasteiger partial charge in [-0.2, -0.15) is 0 Å². The second-order valence-corrected chi connectivity index (χ2v) is 5.88. The van der Waals surface area contributed by atoms with E-state index in [0.717, 1.165) is 11.1 Å². The molecular formula is C19H18O4. The largest absolute Gasteiger partial charge is 0.489 e. The third-order valence-corrected chi connectivity index (χ3v) is 4.37. The van der Waals surface area contributed by atoms with Gasteiger partial charge in [0.1, 0.15) is 12.4 Å². The molecule has 3 rings (SSSR count). The van der Waals surface area contributed by atoms with E-state index in [1.165, 1.54) is 0 Å². The number of carbonyl (C=O) groups excluding carboxylic acids is 1. The number of ketones is 1. The van der Waals surface area contributed by atoms with Crippen LogP contribution in [0.4, 0.5) is 0 Å². The van der Waals surface area contributed by atoms with Gasteiger partial charge in [0.15, 0.2) is 5.78 Å². The van der Waals surface area contributed by atoms with Crippen molar-refractivity contribution in [1.29, 1.82) is 0 Å². The summed E-state index contributed by atoms with van der Waals surface area (Å²) < 4.78 is 5.74. The third-order valence-electron chi connectivity index (χ3n) is 4.37. The number of rotatable bonds is 5. The molecule has 23 heavy (non-hydrogen) atoms. The van der Waals surface area contributed by atoms with Crippen LogP contribution in [0.15, 0.2) is 48.5 Å². The Morgan fingerprint density at radius 3 is 2.70 bits per heavy atom. The summed E-state index contributed by atoms with van der Waals surface area (Å²) in [6, 6.07) is 15.2. The van der Waals surface area contributed by atoms with Gasteiger partial charge in [0, 0.05) is 17.9 Å². The maximum Gasteiger partial charge on any atom is 0.306 e. The number of hydrogen-bond donors (Lipinski definition) is 1. The topological polar surface area (TPSA) is 63.6 Å². The molecule has 1 N–H and O–H groups in total. The minimum absolute atomic E-state index is 0.0109. The van der Waals surface area contributed by atoms with Crippen molar-refractivity contribution in [2.45, 2.75) is 25.9 Å². The van der Waals surface area contributed by atoms with Gasteiger partial charge in [0.2, 0.25) is 0 Å². The van der Waals surface area contributed by atoms with E-state index < -0.39 is 11.9 Å². The van der Waals surface area contributed by atoms with Crippen LogP contribution in [-0.4, -0.2) is 16.9 Å². The molecule has 0 spiro atoms. The second-order valence-electron chi connectivity index (χ2n) is 5.88. The van der Waals surface area contributed by atoms with Crippen molar-refractivity contribution < 1.29 is 19.4 Å². The van der Waals surface area contributed by atoms with Crippen molar-refractivity contribution in [3.8, 4) is 5.75 Å². The first kappa shape index (κ1) is 15.3. The van der Waals surface area contributed by atoms with Crippen LogP contribution in [0.1, 0.15) is 40.7 Å². The van der Waals surface area contributed by atoms with E-state index in [0.29, 0.717) is 17.9 Å². The number of carboxylic acids is 1. The van der Waals surface area contributed by atoms with Crippen LogP contribution >= 0.6 is 0 Å². The number of ether oxygens (including phenoxy) is 1. The van der Waals surface area contributed by atoms with Crippen molar-refractivity contribution in [3.63, 3.8) is 0 Å². The summed E-state index contributed by atoms with van der Waals surface area (Å²) in [6.45, 7) is 2.08. The molecule has 0 fully saturated rings. The summed E-state index contributed by atoms with van der Waals surface area (Å²) >= 11 is 0. The normalized spacial score (nSPS) is 17.6. The van der Waals surface area contributed by atoms with Gasteiger partial charge in [-0.25, -0.2) is 0 Å². The van der Waals surface area contributed by atoms with Crippen LogP contribution in [0.2, 0.25) is 0 Å². The maximum atomic E-state index is 12.2. The number of carbonyl (C=O) groups is 2. The number of benzene rings is 2. The minimum Gasteiger partial charge on any atom is -0.489 e. The van der Waals surface area contributed by atoms with Gasteiger partial charge in [-0.3, -0.25) is 9.59 Å². The Kier molecular flexibility index (Phi) is 4.15. The fraction of sp³-hybridized carbons (Fsp3) is 0.263. The van der Waals surface area contributed by atoms with Gasteiger partial charge >= 0.3 is 5.97 Å². The quantitative estimate of drug-likeness (QED) is 0.915. The molecule has 2 atom stereocenters. The summed E-state index contributed by atoms with van der Waals surface area (Å²) in [6.07, 6.45) is 0.255. The van der Waals surface area contributed by atoms with Crippen LogP contribution < -0.4 is 4.74 Å². The molecule has 4 heteroatoms. The van der Waals surface area contributed by atoms with Crippen molar-refractivity contribution in [2.24, 2.45) is 5.92 Å². The van der Waals surface area contributed by atoms with Crippen LogP contribution in [0.3, 0.4) is 0 Å². The molecule has 2 unspecified atom stereocenters. The lowest BCUT2D eigenvalue weighted by molar-refractivity contribution is -0.141. The number of carboxylic acid groups (broad SMARTS) is 1. The standard InChI is InChI=1S/C19H18O4/c1-12(19(21)22)16-10-18(20)17-9-14(7-8-15(16)17)23-11-13-5-3-2-4-6-13/h2-9,12,16H,10-11H2,1H3,(H,21,22). The first-order valence-electron chi connectivity index (χ1n) is 7.63. The average Bonchev–Trinajstić information content (AvgIpc) is 2.89. The first-order valence-corrected chi connectivity index (χ1v) is 7.63. The van der Waals surface area contributed by atoms with Crippen LogP contribution in [0, 0.1) is 5.92 Å². The fourth-order valence-corrected chi connectivity index (χ4v) is 2.97. The first-order chi connectivity index (χ1) is 11.1. The third kappa shape index (κ3) is 3.11. The number of hydrogen-bond acceptors (Lipinski definition) is 3. The lowest BCUT2D eigenvalue weighted by atomic mass is 9.89. The second kappa shape index (κ2) is 6.24. The molecule has 0 bridgehead atoms. The van der Waals surface area contributed by atoms with E-state index in [4.69, 9.17) is 4.74 Å². The van der Waals surface area contributed by atoms with Gasteiger partial charge in [-0.1, -0.05) is 43.3 Å². The molecule has 0 radical (unpaired) electrons. The van der Waals surface area contributed by atoms with Gasteiger partial charge in [-0.15, -0.1) is 0 Å². The van der Waals surface area contributed by atoms with Crippen LogP contribution in [0.25, 0.3) is 0 Å². The highest BCUT2D eigenvalue weighted by atomic mass is 16.5. The summed E-state index contributed by atoms with van der Waals surface area (Å²) in [5, 5.41) is 9.18. The summed E-state index contributed by atoms with van der Waals surface area (Å²) in [5.41, 5.74) is 2.46. The van der Waals surface area contributed by atoms with E-state index >= 15 is 0 Å². The molecular weight excluding hydrogens is 292 g/mol. The molecule has 1 aliphatic carbocycles. The smallest absolute Gasteiger partial charge is 0.306 e. The molecule has 2 aromatic carbocycles. The Morgan fingerprint density at radius 2 is 2.00 bits per heavy atom. The highest BCUT2D eigenvalue weighted by Crippen LogP contribution is 2.39. The highest BCUT2D eigenvalue weighted by molar-refractivity contribution is 6.02. The molecule has 0 heterocycles. The number of aliphatic carboxylic acids is 1. The summed E-state index contributed by atoms with van der Waals surface area (Å²) in [4.78, 5) is 23.4. The Morgan fingerprint density at radius 1 is 1.26 bits per heavy atom. The zero-order valence-electron chi connectivity index (χ0n) is 12.9. The lowest BCUT2D eigenvalue weighted by Gasteiger charge is -2.15. The monoisotopic (exact) mass is 310 g/mol. The molecule has 0 aliphatic heterocycles. The van der Waals surface area contributed by atoms with E-state index in [9.17, 15) is 14.7 Å². The molecule has 4 nitrogen and oxygen atoms in total. The summed E-state index contributed by atoms with van der Waals surface area (Å²) in [7, 11) is 0. The van der Waals surface area contributed by atoms with E-state index in [1.807, 2.05) is 42.5 Å². The molecule has 0 saturated carbocycles. The van der Waals surface area contributed by atoms with Gasteiger partial charge in [0.05, 0.1) is 5.92 Å². The van der Waals surface area contributed by atoms with Gasteiger partial charge < -0.3 is 9.84 Å². The minimum atomic E-state index is -0.875. The lowest BCUT2D eigenvalue weighted by Crippen LogP contribution is -2.17. The average molecular weight is 310 g/mol. The summed E-state index contributed by atoms with van der Waals surface area (Å²) in [5.74, 6) is -1.08. The van der Waals surface area contributed by atoms with Gasteiger partial charge in [-0.05, 0) is 23.3 Å². The van der Waals surface area contributed by atoms with E-state index in [-0.39, 0.29) is 18.1 Å². The van der Waals surface area contributed by atoms with E-state index in [1.54, 1.807) is 13.0 Å². The fourth-order valence-electron chi connectivity index (χ4n) is 2.97. The van der Waals surface area contributed by atoms with E-state index in [2.05, 4.69) is 0 Å². The van der Waals surface area contributed by atoms with Gasteiger partial charge in [0.25, 0.3) is 0 Å². The Hall–Kier alpha value is -2.62. The van der Waals surface area contributed by atoms with Crippen LogP contribution in [-0.2, 0) is 11.4 Å². The zero-order valence-corrected chi connectivity index (χ0v) is 12.9. The highest BCUT2D eigenvalue weighted by Gasteiger charge is 2.36. The SMILES string of the molecule is CC(C(=O)O)C1CC(=O)c2cc(OCc3ccccc3)ccc21.